The molecule has 0 radical (unpaired) electrons. The maximum atomic E-state index is 12.9. The van der Waals surface area contributed by atoms with E-state index in [-0.39, 0.29) is 23.8 Å². The Morgan fingerprint density at radius 3 is 2.35 bits per heavy atom. The van der Waals surface area contributed by atoms with Gasteiger partial charge in [-0.1, -0.05) is 0 Å². The molecule has 23 heavy (non-hydrogen) atoms. The van der Waals surface area contributed by atoms with Crippen molar-refractivity contribution < 1.29 is 22.7 Å². The summed E-state index contributed by atoms with van der Waals surface area (Å²) in [5, 5.41) is 9.05. The average molecular weight is 367 g/mol. The molecule has 2 rings (SSSR count). The summed E-state index contributed by atoms with van der Waals surface area (Å²) < 4.78 is 39.3. The molecule has 0 aromatic heterocycles. The van der Waals surface area contributed by atoms with Gasteiger partial charge in [-0.05, 0) is 37.6 Å². The van der Waals surface area contributed by atoms with E-state index >= 15 is 0 Å². The second kappa shape index (κ2) is 8.05. The van der Waals surface area contributed by atoms with Gasteiger partial charge in [0.2, 0.25) is 10.0 Å². The Balaban J connectivity index is 0.00000264. The minimum atomic E-state index is -3.68. The molecule has 0 aliphatic carbocycles. The number of benzene rings is 1. The first-order chi connectivity index (χ1) is 10.3. The van der Waals surface area contributed by atoms with Crippen LogP contribution in [-0.4, -0.2) is 60.9 Å². The van der Waals surface area contributed by atoms with Crippen LogP contribution < -0.4 is 0 Å². The molecule has 0 spiro atoms. The summed E-state index contributed by atoms with van der Waals surface area (Å²) in [7, 11) is -3.68. The highest BCUT2D eigenvalue weighted by molar-refractivity contribution is 7.89. The second-order valence-corrected chi connectivity index (χ2v) is 7.20. The Labute approximate surface area is 141 Å². The summed E-state index contributed by atoms with van der Waals surface area (Å²) in [4.78, 5) is 12.8. The number of carboxylic acid groups (broad SMARTS) is 1. The fourth-order valence-corrected chi connectivity index (χ4v) is 3.92. The number of nitrogens with zero attached hydrogens (tertiary/aromatic N) is 2. The van der Waals surface area contributed by atoms with Crippen LogP contribution in [0.2, 0.25) is 0 Å². The zero-order valence-electron chi connectivity index (χ0n) is 12.7. The number of rotatable bonds is 4. The number of aliphatic carboxylic acids is 1. The van der Waals surface area contributed by atoms with Gasteiger partial charge in [0.1, 0.15) is 11.9 Å². The van der Waals surface area contributed by atoms with Crippen molar-refractivity contribution in [2.24, 2.45) is 0 Å². The van der Waals surface area contributed by atoms with Crippen molar-refractivity contribution in [1.82, 2.24) is 9.21 Å². The minimum absolute atomic E-state index is 0. The fraction of sp³-hybridized carbons (Fsp3) is 0.500. The molecule has 0 saturated carbocycles. The largest absolute Gasteiger partial charge is 0.480 e. The normalized spacial score (nSPS) is 18.7. The van der Waals surface area contributed by atoms with Gasteiger partial charge in [0.05, 0.1) is 4.90 Å². The van der Waals surface area contributed by atoms with Gasteiger partial charge in [-0.2, -0.15) is 4.31 Å². The molecule has 1 aliphatic heterocycles. The standard InChI is InChI=1S/C14H19FN2O4S.ClH/c1-11(14(18)19)16-7-2-8-17(10-9-16)22(20,21)13-5-3-12(15)4-6-13;/h3-6,11H,2,7-10H2,1H3,(H,18,19);1H. The number of hydrogen-bond donors (Lipinski definition) is 1. The molecule has 1 saturated heterocycles. The van der Waals surface area contributed by atoms with E-state index in [1.165, 1.54) is 16.4 Å². The van der Waals surface area contributed by atoms with Crippen LogP contribution in [0, 0.1) is 5.82 Å². The SMILES string of the molecule is CC(C(=O)O)N1CCCN(S(=O)(=O)c2ccc(F)cc2)CC1.Cl. The van der Waals surface area contributed by atoms with Gasteiger partial charge in [-0.3, -0.25) is 9.69 Å². The topological polar surface area (TPSA) is 77.9 Å². The molecule has 1 fully saturated rings. The fourth-order valence-electron chi connectivity index (χ4n) is 2.45. The first-order valence-electron chi connectivity index (χ1n) is 7.05. The maximum absolute atomic E-state index is 12.9. The average Bonchev–Trinajstić information content (AvgIpc) is 2.73. The Bertz CT molecular complexity index is 639. The lowest BCUT2D eigenvalue weighted by molar-refractivity contribution is -0.142. The van der Waals surface area contributed by atoms with E-state index in [2.05, 4.69) is 0 Å². The monoisotopic (exact) mass is 366 g/mol. The zero-order valence-corrected chi connectivity index (χ0v) is 14.3. The van der Waals surface area contributed by atoms with Crippen LogP contribution in [0.1, 0.15) is 13.3 Å². The zero-order chi connectivity index (χ0) is 16.3. The molecular formula is C14H20ClFN2O4S. The van der Waals surface area contributed by atoms with E-state index in [0.717, 1.165) is 12.1 Å². The highest BCUT2D eigenvalue weighted by Crippen LogP contribution is 2.18. The molecule has 0 amide bonds. The summed E-state index contributed by atoms with van der Waals surface area (Å²) in [6, 6.07) is 4.07. The molecule has 0 bridgehead atoms. The lowest BCUT2D eigenvalue weighted by atomic mass is 10.2. The van der Waals surface area contributed by atoms with Crippen molar-refractivity contribution in [3.63, 3.8) is 0 Å². The highest BCUT2D eigenvalue weighted by Gasteiger charge is 2.29. The molecule has 1 aliphatic rings. The number of hydrogen-bond acceptors (Lipinski definition) is 4. The van der Waals surface area contributed by atoms with Crippen molar-refractivity contribution in [3.05, 3.63) is 30.1 Å². The van der Waals surface area contributed by atoms with Crippen LogP contribution in [-0.2, 0) is 14.8 Å². The number of carboxylic acids is 1. The van der Waals surface area contributed by atoms with Crippen LogP contribution in [0.4, 0.5) is 4.39 Å². The second-order valence-electron chi connectivity index (χ2n) is 5.26. The van der Waals surface area contributed by atoms with E-state index < -0.39 is 27.9 Å². The molecule has 1 N–H and O–H groups in total. The van der Waals surface area contributed by atoms with Crippen LogP contribution in [0.15, 0.2) is 29.2 Å². The van der Waals surface area contributed by atoms with Gasteiger partial charge in [-0.15, -0.1) is 12.4 Å². The molecule has 1 heterocycles. The van der Waals surface area contributed by atoms with Crippen LogP contribution in [0.25, 0.3) is 0 Å². The van der Waals surface area contributed by atoms with E-state index in [9.17, 15) is 17.6 Å². The molecule has 6 nitrogen and oxygen atoms in total. The van der Waals surface area contributed by atoms with Crippen molar-refractivity contribution in [3.8, 4) is 0 Å². The quantitative estimate of drug-likeness (QED) is 0.871. The van der Waals surface area contributed by atoms with E-state index in [1.54, 1.807) is 11.8 Å². The smallest absolute Gasteiger partial charge is 0.320 e. The van der Waals surface area contributed by atoms with Crippen molar-refractivity contribution >= 4 is 28.4 Å². The molecule has 130 valence electrons. The Morgan fingerprint density at radius 1 is 1.17 bits per heavy atom. The van der Waals surface area contributed by atoms with Gasteiger partial charge in [-0.25, -0.2) is 12.8 Å². The summed E-state index contributed by atoms with van der Waals surface area (Å²) in [6.45, 7) is 3.02. The molecule has 1 aromatic rings. The number of carbonyl (C=O) groups is 1. The third-order valence-corrected chi connectivity index (χ3v) is 5.76. The van der Waals surface area contributed by atoms with Gasteiger partial charge in [0, 0.05) is 26.2 Å². The van der Waals surface area contributed by atoms with Crippen molar-refractivity contribution in [2.75, 3.05) is 26.2 Å². The molecule has 1 unspecified atom stereocenters. The lowest BCUT2D eigenvalue weighted by Gasteiger charge is -2.24. The minimum Gasteiger partial charge on any atom is -0.480 e. The third-order valence-electron chi connectivity index (χ3n) is 3.85. The molecule has 9 heteroatoms. The van der Waals surface area contributed by atoms with Gasteiger partial charge >= 0.3 is 5.97 Å². The lowest BCUT2D eigenvalue weighted by Crippen LogP contribution is -2.42. The summed E-state index contributed by atoms with van der Waals surface area (Å²) in [5.41, 5.74) is 0. The van der Waals surface area contributed by atoms with Crippen LogP contribution >= 0.6 is 12.4 Å². The van der Waals surface area contributed by atoms with Crippen molar-refractivity contribution in [1.29, 1.82) is 0 Å². The highest BCUT2D eigenvalue weighted by atomic mass is 35.5. The van der Waals surface area contributed by atoms with Crippen LogP contribution in [0.5, 0.6) is 0 Å². The van der Waals surface area contributed by atoms with E-state index in [1.807, 2.05) is 0 Å². The Kier molecular flexibility index (Phi) is 6.94. The maximum Gasteiger partial charge on any atom is 0.320 e. The molecule has 1 aromatic carbocycles. The predicted octanol–water partition coefficient (Wildman–Crippen LogP) is 1.42. The first-order valence-corrected chi connectivity index (χ1v) is 8.49. The van der Waals surface area contributed by atoms with Gasteiger partial charge in [0.25, 0.3) is 0 Å². The predicted molar refractivity (Wildman–Crippen MR) is 85.7 cm³/mol. The van der Waals surface area contributed by atoms with E-state index in [0.29, 0.717) is 26.1 Å². The number of sulfonamides is 1. The van der Waals surface area contributed by atoms with Gasteiger partial charge in [0.15, 0.2) is 0 Å². The molecule has 1 atom stereocenters. The Morgan fingerprint density at radius 2 is 1.78 bits per heavy atom. The number of halogens is 2. The van der Waals surface area contributed by atoms with E-state index in [4.69, 9.17) is 5.11 Å². The summed E-state index contributed by atoms with van der Waals surface area (Å²) in [6.07, 6.45) is 0.554. The third kappa shape index (κ3) is 4.63. The Hall–Kier alpha value is -1.22. The first kappa shape index (κ1) is 19.8. The summed E-state index contributed by atoms with van der Waals surface area (Å²) in [5.74, 6) is -1.41. The van der Waals surface area contributed by atoms with Crippen LogP contribution in [0.3, 0.4) is 0 Å². The van der Waals surface area contributed by atoms with Gasteiger partial charge < -0.3 is 5.11 Å². The summed E-state index contributed by atoms with van der Waals surface area (Å²) >= 11 is 0. The molecular weight excluding hydrogens is 347 g/mol. The van der Waals surface area contributed by atoms with Crippen molar-refractivity contribution in [2.45, 2.75) is 24.3 Å².